The number of benzene rings is 1. The highest BCUT2D eigenvalue weighted by Gasteiger charge is 2.34. The zero-order valence-corrected chi connectivity index (χ0v) is 14.8. The molecule has 0 aliphatic carbocycles. The van der Waals surface area contributed by atoms with Crippen molar-refractivity contribution in [2.45, 2.75) is 57.5 Å². The fourth-order valence-electron chi connectivity index (χ4n) is 3.74. The van der Waals surface area contributed by atoms with Crippen molar-refractivity contribution in [2.24, 2.45) is 5.92 Å². The monoisotopic (exact) mass is 356 g/mol. The van der Waals surface area contributed by atoms with E-state index in [1.165, 1.54) is 25.0 Å². The molecule has 2 aliphatic heterocycles. The summed E-state index contributed by atoms with van der Waals surface area (Å²) in [4.78, 5) is 12.3. The number of ether oxygens (including phenoxy) is 1. The lowest BCUT2D eigenvalue weighted by atomic mass is 9.89. The number of rotatable bonds is 6. The number of piperidine rings is 1. The van der Waals surface area contributed by atoms with Crippen LogP contribution in [0, 0.1) is 11.7 Å². The fourth-order valence-corrected chi connectivity index (χ4v) is 3.74. The number of fused-ring (bicyclic) bond motifs is 2. The average Bonchev–Trinajstić information content (AvgIpc) is 2.86. The van der Waals surface area contributed by atoms with Gasteiger partial charge in [-0.3, -0.25) is 4.79 Å². The van der Waals surface area contributed by atoms with Crippen LogP contribution in [-0.2, 0) is 4.79 Å². The number of carbonyl (C=O) groups excluding carboxylic acids is 1. The summed E-state index contributed by atoms with van der Waals surface area (Å²) in [6.07, 6.45) is 5.98. The first-order valence-electron chi connectivity index (χ1n) is 8.62. The average molecular weight is 357 g/mol. The molecule has 0 spiro atoms. The van der Waals surface area contributed by atoms with Gasteiger partial charge < -0.3 is 15.4 Å². The molecule has 1 aromatic carbocycles. The second-order valence-electron chi connectivity index (χ2n) is 6.72. The van der Waals surface area contributed by atoms with Crippen molar-refractivity contribution in [1.29, 1.82) is 0 Å². The molecule has 4 nitrogen and oxygen atoms in total. The smallest absolute Gasteiger partial charge is 0.224 e. The van der Waals surface area contributed by atoms with Gasteiger partial charge in [-0.05, 0) is 50.2 Å². The predicted octanol–water partition coefficient (Wildman–Crippen LogP) is 3.90. The molecule has 2 unspecified atom stereocenters. The zero-order valence-electron chi connectivity index (χ0n) is 14.0. The molecule has 2 fully saturated rings. The standard InChI is InChI=1S/C18H25FN2O2.ClH/c1-2-7-23-17-11-13(19)3-6-16(17)21-18(22)10-12-8-14-4-5-15(9-12)20-14;/h3,6,11-12,14-15,20H,2,4-5,7-10H2,1H3,(H,21,22);1H. The Labute approximate surface area is 148 Å². The van der Waals surface area contributed by atoms with Gasteiger partial charge in [0.1, 0.15) is 11.6 Å². The molecule has 3 rings (SSSR count). The lowest BCUT2D eigenvalue weighted by molar-refractivity contribution is -0.117. The van der Waals surface area contributed by atoms with Gasteiger partial charge >= 0.3 is 0 Å². The lowest BCUT2D eigenvalue weighted by Crippen LogP contribution is -2.39. The zero-order chi connectivity index (χ0) is 16.2. The van der Waals surface area contributed by atoms with Crippen LogP contribution in [0.15, 0.2) is 18.2 Å². The highest BCUT2D eigenvalue weighted by Crippen LogP contribution is 2.33. The molecule has 2 saturated heterocycles. The van der Waals surface area contributed by atoms with Gasteiger partial charge in [-0.25, -0.2) is 4.39 Å². The number of amides is 1. The van der Waals surface area contributed by atoms with E-state index in [0.29, 0.717) is 42.5 Å². The second kappa shape index (κ2) is 8.67. The number of nitrogens with one attached hydrogen (secondary N) is 2. The van der Waals surface area contributed by atoms with E-state index in [4.69, 9.17) is 4.74 Å². The molecule has 2 N–H and O–H groups in total. The quantitative estimate of drug-likeness (QED) is 0.812. The summed E-state index contributed by atoms with van der Waals surface area (Å²) >= 11 is 0. The summed E-state index contributed by atoms with van der Waals surface area (Å²) in [5, 5.41) is 6.48. The first-order valence-corrected chi connectivity index (χ1v) is 8.62. The van der Waals surface area contributed by atoms with Crippen LogP contribution in [0.2, 0.25) is 0 Å². The number of anilines is 1. The Balaban J connectivity index is 0.00000208. The predicted molar refractivity (Wildman–Crippen MR) is 95.4 cm³/mol. The van der Waals surface area contributed by atoms with Crippen LogP contribution < -0.4 is 15.4 Å². The number of hydrogen-bond donors (Lipinski definition) is 2. The maximum absolute atomic E-state index is 13.4. The second-order valence-corrected chi connectivity index (χ2v) is 6.72. The Morgan fingerprint density at radius 2 is 2.04 bits per heavy atom. The maximum atomic E-state index is 13.4. The van der Waals surface area contributed by atoms with E-state index < -0.39 is 0 Å². The summed E-state index contributed by atoms with van der Waals surface area (Å²) in [7, 11) is 0. The van der Waals surface area contributed by atoms with Crippen molar-refractivity contribution < 1.29 is 13.9 Å². The summed E-state index contributed by atoms with van der Waals surface area (Å²) in [5.41, 5.74) is 0.557. The molecule has 1 amide bonds. The summed E-state index contributed by atoms with van der Waals surface area (Å²) in [5.74, 6) is 0.480. The van der Waals surface area contributed by atoms with Crippen LogP contribution in [0.3, 0.4) is 0 Å². The number of halogens is 2. The highest BCUT2D eigenvalue weighted by molar-refractivity contribution is 5.92. The van der Waals surface area contributed by atoms with Gasteiger partial charge in [0, 0.05) is 24.6 Å². The molecule has 2 heterocycles. The Morgan fingerprint density at radius 1 is 1.33 bits per heavy atom. The Morgan fingerprint density at radius 3 is 2.71 bits per heavy atom. The Bertz CT molecular complexity index is 558. The van der Waals surface area contributed by atoms with Crippen molar-refractivity contribution in [3.8, 4) is 5.75 Å². The molecule has 2 bridgehead atoms. The number of carbonyl (C=O) groups is 1. The van der Waals surface area contributed by atoms with Gasteiger partial charge in [0.15, 0.2) is 0 Å². The molecule has 24 heavy (non-hydrogen) atoms. The SMILES string of the molecule is CCCOc1cc(F)ccc1NC(=O)CC1CC2CCC(C1)N2.Cl. The molecule has 1 aromatic rings. The van der Waals surface area contributed by atoms with Gasteiger partial charge in [-0.1, -0.05) is 6.92 Å². The minimum Gasteiger partial charge on any atom is -0.491 e. The lowest BCUT2D eigenvalue weighted by Gasteiger charge is -2.28. The van der Waals surface area contributed by atoms with Crippen LogP contribution in [0.4, 0.5) is 10.1 Å². The molecule has 0 aromatic heterocycles. The van der Waals surface area contributed by atoms with Crippen LogP contribution in [0.25, 0.3) is 0 Å². The molecular weight excluding hydrogens is 331 g/mol. The van der Waals surface area contributed by atoms with Crippen molar-refractivity contribution in [1.82, 2.24) is 5.32 Å². The third-order valence-electron chi connectivity index (χ3n) is 4.72. The fraction of sp³-hybridized carbons (Fsp3) is 0.611. The summed E-state index contributed by atoms with van der Waals surface area (Å²) < 4.78 is 18.9. The van der Waals surface area contributed by atoms with E-state index in [9.17, 15) is 9.18 Å². The minimum absolute atomic E-state index is 0. The first kappa shape index (κ1) is 19.0. The van der Waals surface area contributed by atoms with E-state index in [1.54, 1.807) is 6.07 Å². The van der Waals surface area contributed by atoms with Crippen molar-refractivity contribution in [2.75, 3.05) is 11.9 Å². The van der Waals surface area contributed by atoms with Gasteiger partial charge in [0.25, 0.3) is 0 Å². The van der Waals surface area contributed by atoms with Crippen molar-refractivity contribution in [3.05, 3.63) is 24.0 Å². The van der Waals surface area contributed by atoms with Gasteiger partial charge in [0.05, 0.1) is 12.3 Å². The molecule has 134 valence electrons. The van der Waals surface area contributed by atoms with Crippen molar-refractivity contribution >= 4 is 24.0 Å². The molecule has 0 saturated carbocycles. The van der Waals surface area contributed by atoms with E-state index >= 15 is 0 Å². The molecular formula is C18H26ClFN2O2. The summed E-state index contributed by atoms with van der Waals surface area (Å²) in [6.45, 7) is 2.49. The van der Waals surface area contributed by atoms with Gasteiger partial charge in [-0.2, -0.15) is 0 Å². The third-order valence-corrected chi connectivity index (χ3v) is 4.72. The first-order chi connectivity index (χ1) is 11.1. The molecule has 6 heteroatoms. The highest BCUT2D eigenvalue weighted by atomic mass is 35.5. The normalized spacial score (nSPS) is 25.0. The van der Waals surface area contributed by atoms with Crippen LogP contribution >= 0.6 is 12.4 Å². The van der Waals surface area contributed by atoms with Crippen LogP contribution in [0.5, 0.6) is 5.75 Å². The Kier molecular flexibility index (Phi) is 6.87. The van der Waals surface area contributed by atoms with Crippen LogP contribution in [-0.4, -0.2) is 24.6 Å². The van der Waals surface area contributed by atoms with Crippen LogP contribution in [0.1, 0.15) is 45.4 Å². The largest absolute Gasteiger partial charge is 0.491 e. The molecule has 2 atom stereocenters. The summed E-state index contributed by atoms with van der Waals surface area (Å²) in [6, 6.07) is 5.42. The minimum atomic E-state index is -0.357. The molecule has 0 radical (unpaired) electrons. The Hall–Kier alpha value is -1.33. The maximum Gasteiger partial charge on any atom is 0.224 e. The van der Waals surface area contributed by atoms with E-state index in [0.717, 1.165) is 19.3 Å². The van der Waals surface area contributed by atoms with E-state index in [2.05, 4.69) is 10.6 Å². The van der Waals surface area contributed by atoms with Crippen molar-refractivity contribution in [3.63, 3.8) is 0 Å². The third kappa shape index (κ3) is 4.84. The van der Waals surface area contributed by atoms with E-state index in [-0.39, 0.29) is 24.1 Å². The molecule has 2 aliphatic rings. The van der Waals surface area contributed by atoms with E-state index in [1.807, 2.05) is 6.92 Å². The topological polar surface area (TPSA) is 50.4 Å². The van der Waals surface area contributed by atoms with Gasteiger partial charge in [-0.15, -0.1) is 12.4 Å². The number of hydrogen-bond acceptors (Lipinski definition) is 3. The van der Waals surface area contributed by atoms with Gasteiger partial charge in [0.2, 0.25) is 5.91 Å².